The van der Waals surface area contributed by atoms with Crippen LogP contribution in [0, 0.1) is 0 Å². The molecule has 0 bridgehead atoms. The Hall–Kier alpha value is -1.20. The standard InChI is InChI=1S/C12H14ClNO3S/c1-7(2)18-6-11(15)14-10-4-3-8(12(16)17)5-9(10)13/h3-5,7H,6H2,1-2H3,(H,14,15)(H,16,17). The van der Waals surface area contributed by atoms with Crippen LogP contribution >= 0.6 is 23.4 Å². The number of aromatic carboxylic acids is 1. The Morgan fingerprint density at radius 3 is 2.61 bits per heavy atom. The number of thioether (sulfide) groups is 1. The van der Waals surface area contributed by atoms with E-state index in [2.05, 4.69) is 5.32 Å². The summed E-state index contributed by atoms with van der Waals surface area (Å²) in [5.41, 5.74) is 0.519. The first-order chi connectivity index (χ1) is 8.40. The van der Waals surface area contributed by atoms with Crippen LogP contribution in [0.1, 0.15) is 24.2 Å². The zero-order chi connectivity index (χ0) is 13.7. The highest BCUT2D eigenvalue weighted by Gasteiger charge is 2.10. The molecule has 0 saturated carbocycles. The van der Waals surface area contributed by atoms with E-state index in [9.17, 15) is 9.59 Å². The van der Waals surface area contributed by atoms with Gasteiger partial charge < -0.3 is 10.4 Å². The molecule has 4 nitrogen and oxygen atoms in total. The summed E-state index contributed by atoms with van der Waals surface area (Å²) in [4.78, 5) is 22.3. The summed E-state index contributed by atoms with van der Waals surface area (Å²) in [6.45, 7) is 4.01. The van der Waals surface area contributed by atoms with Gasteiger partial charge in [0.05, 0.1) is 22.0 Å². The van der Waals surface area contributed by atoms with Crippen LogP contribution in [-0.4, -0.2) is 28.0 Å². The minimum atomic E-state index is -1.05. The van der Waals surface area contributed by atoms with Gasteiger partial charge in [-0.1, -0.05) is 25.4 Å². The van der Waals surface area contributed by atoms with Crippen LogP contribution in [0.15, 0.2) is 18.2 Å². The summed E-state index contributed by atoms with van der Waals surface area (Å²) in [6, 6.07) is 4.21. The maximum Gasteiger partial charge on any atom is 0.335 e. The van der Waals surface area contributed by atoms with Crippen molar-refractivity contribution in [1.29, 1.82) is 0 Å². The van der Waals surface area contributed by atoms with Crippen molar-refractivity contribution in [2.24, 2.45) is 0 Å². The molecular weight excluding hydrogens is 274 g/mol. The van der Waals surface area contributed by atoms with Crippen molar-refractivity contribution < 1.29 is 14.7 Å². The zero-order valence-corrected chi connectivity index (χ0v) is 11.6. The van der Waals surface area contributed by atoms with E-state index < -0.39 is 5.97 Å². The van der Waals surface area contributed by atoms with E-state index in [-0.39, 0.29) is 16.5 Å². The SMILES string of the molecule is CC(C)SCC(=O)Nc1ccc(C(=O)O)cc1Cl. The lowest BCUT2D eigenvalue weighted by Crippen LogP contribution is -2.15. The maximum absolute atomic E-state index is 11.6. The van der Waals surface area contributed by atoms with Crippen LogP contribution < -0.4 is 5.32 Å². The van der Waals surface area contributed by atoms with Gasteiger partial charge in [0.1, 0.15) is 0 Å². The second-order valence-corrected chi connectivity index (χ2v) is 5.88. The molecule has 0 unspecified atom stereocenters. The first-order valence-electron chi connectivity index (χ1n) is 5.34. The number of benzene rings is 1. The first-order valence-corrected chi connectivity index (χ1v) is 6.77. The molecule has 0 radical (unpaired) electrons. The summed E-state index contributed by atoms with van der Waals surface area (Å²) < 4.78 is 0. The average Bonchev–Trinajstić information content (AvgIpc) is 2.29. The van der Waals surface area contributed by atoms with E-state index in [0.29, 0.717) is 16.7 Å². The number of amides is 1. The van der Waals surface area contributed by atoms with E-state index in [1.807, 2.05) is 13.8 Å². The lowest BCUT2D eigenvalue weighted by atomic mass is 10.2. The maximum atomic E-state index is 11.6. The molecule has 1 rings (SSSR count). The van der Waals surface area contributed by atoms with E-state index in [1.54, 1.807) is 0 Å². The number of hydrogen-bond acceptors (Lipinski definition) is 3. The second kappa shape index (κ2) is 6.66. The Morgan fingerprint density at radius 2 is 2.11 bits per heavy atom. The van der Waals surface area contributed by atoms with Gasteiger partial charge in [-0.3, -0.25) is 4.79 Å². The van der Waals surface area contributed by atoms with Crippen molar-refractivity contribution >= 4 is 40.9 Å². The van der Waals surface area contributed by atoms with Gasteiger partial charge in [-0.2, -0.15) is 0 Å². The molecule has 0 spiro atoms. The van der Waals surface area contributed by atoms with Crippen LogP contribution in [0.2, 0.25) is 5.02 Å². The average molecular weight is 288 g/mol. The van der Waals surface area contributed by atoms with Gasteiger partial charge in [0.2, 0.25) is 5.91 Å². The predicted molar refractivity (Wildman–Crippen MR) is 74.6 cm³/mol. The number of anilines is 1. The van der Waals surface area contributed by atoms with Crippen LogP contribution in [0.5, 0.6) is 0 Å². The molecule has 1 aromatic carbocycles. The fraction of sp³-hybridized carbons (Fsp3) is 0.333. The van der Waals surface area contributed by atoms with Gasteiger partial charge in [0, 0.05) is 0 Å². The summed E-state index contributed by atoms with van der Waals surface area (Å²) in [7, 11) is 0. The smallest absolute Gasteiger partial charge is 0.335 e. The van der Waals surface area contributed by atoms with Gasteiger partial charge in [-0.25, -0.2) is 4.79 Å². The third-order valence-electron chi connectivity index (χ3n) is 2.04. The molecule has 0 saturated heterocycles. The Labute approximate surface area is 115 Å². The van der Waals surface area contributed by atoms with Gasteiger partial charge in [-0.05, 0) is 23.4 Å². The van der Waals surface area contributed by atoms with E-state index in [1.165, 1.54) is 30.0 Å². The van der Waals surface area contributed by atoms with Gasteiger partial charge in [0.25, 0.3) is 0 Å². The molecular formula is C12H14ClNO3S. The number of carboxylic acids is 1. The van der Waals surface area contributed by atoms with E-state index in [0.717, 1.165) is 0 Å². The summed E-state index contributed by atoms with van der Waals surface area (Å²) >= 11 is 7.42. The topological polar surface area (TPSA) is 66.4 Å². The fourth-order valence-corrected chi connectivity index (χ4v) is 1.96. The van der Waals surface area contributed by atoms with Crippen molar-refractivity contribution in [2.45, 2.75) is 19.1 Å². The van der Waals surface area contributed by atoms with Gasteiger partial charge in [0.15, 0.2) is 0 Å². The van der Waals surface area contributed by atoms with Crippen molar-refractivity contribution in [3.05, 3.63) is 28.8 Å². The Balaban J connectivity index is 2.68. The lowest BCUT2D eigenvalue weighted by Gasteiger charge is -2.08. The lowest BCUT2D eigenvalue weighted by molar-refractivity contribution is -0.113. The molecule has 6 heteroatoms. The molecule has 1 aromatic rings. The number of halogens is 1. The van der Waals surface area contributed by atoms with Crippen molar-refractivity contribution in [3.8, 4) is 0 Å². The molecule has 0 aliphatic heterocycles. The number of carboxylic acid groups (broad SMARTS) is 1. The minimum absolute atomic E-state index is 0.0922. The van der Waals surface area contributed by atoms with E-state index in [4.69, 9.17) is 16.7 Å². The Morgan fingerprint density at radius 1 is 1.44 bits per heavy atom. The Bertz CT molecular complexity index is 463. The molecule has 0 aromatic heterocycles. The number of rotatable bonds is 5. The predicted octanol–water partition coefficient (Wildman–Crippen LogP) is 3.12. The third-order valence-corrected chi connectivity index (χ3v) is 3.45. The van der Waals surface area contributed by atoms with Gasteiger partial charge in [-0.15, -0.1) is 11.8 Å². The summed E-state index contributed by atoms with van der Waals surface area (Å²) in [5, 5.41) is 12.0. The van der Waals surface area contributed by atoms with Crippen molar-refractivity contribution in [2.75, 3.05) is 11.1 Å². The molecule has 0 aliphatic carbocycles. The van der Waals surface area contributed by atoms with Crippen LogP contribution in [0.4, 0.5) is 5.69 Å². The molecule has 0 aliphatic rings. The van der Waals surface area contributed by atoms with Crippen LogP contribution in [0.3, 0.4) is 0 Å². The fourth-order valence-electron chi connectivity index (χ4n) is 1.18. The molecule has 2 N–H and O–H groups in total. The molecule has 0 heterocycles. The second-order valence-electron chi connectivity index (χ2n) is 3.91. The van der Waals surface area contributed by atoms with Crippen molar-refractivity contribution in [3.63, 3.8) is 0 Å². The quantitative estimate of drug-likeness (QED) is 0.873. The number of hydrogen-bond donors (Lipinski definition) is 2. The Kier molecular flexibility index (Phi) is 5.50. The molecule has 1 amide bonds. The minimum Gasteiger partial charge on any atom is -0.478 e. The highest BCUT2D eigenvalue weighted by atomic mass is 35.5. The summed E-state index contributed by atoms with van der Waals surface area (Å²) in [6.07, 6.45) is 0. The highest BCUT2D eigenvalue weighted by Crippen LogP contribution is 2.23. The van der Waals surface area contributed by atoms with Crippen molar-refractivity contribution in [1.82, 2.24) is 0 Å². The van der Waals surface area contributed by atoms with Gasteiger partial charge >= 0.3 is 5.97 Å². The third kappa shape index (κ3) is 4.58. The van der Waals surface area contributed by atoms with E-state index >= 15 is 0 Å². The molecule has 18 heavy (non-hydrogen) atoms. The normalized spacial score (nSPS) is 10.4. The van der Waals surface area contributed by atoms with Crippen LogP contribution in [-0.2, 0) is 4.79 Å². The number of carbonyl (C=O) groups excluding carboxylic acids is 1. The monoisotopic (exact) mass is 287 g/mol. The first kappa shape index (κ1) is 14.9. The highest BCUT2D eigenvalue weighted by molar-refractivity contribution is 8.00. The zero-order valence-electron chi connectivity index (χ0n) is 10.1. The van der Waals surface area contributed by atoms with Crippen LogP contribution in [0.25, 0.3) is 0 Å². The number of carbonyl (C=O) groups is 2. The molecule has 0 atom stereocenters. The molecule has 98 valence electrons. The number of nitrogens with one attached hydrogen (secondary N) is 1. The molecule has 0 fully saturated rings. The largest absolute Gasteiger partial charge is 0.478 e. The summed E-state index contributed by atoms with van der Waals surface area (Å²) in [5.74, 6) is -0.863.